The van der Waals surface area contributed by atoms with E-state index in [0.717, 1.165) is 13.1 Å². The lowest BCUT2D eigenvalue weighted by atomic mass is 9.93. The van der Waals surface area contributed by atoms with E-state index < -0.39 is 0 Å². The summed E-state index contributed by atoms with van der Waals surface area (Å²) in [6, 6.07) is 2.82. The van der Waals surface area contributed by atoms with Gasteiger partial charge in [-0.2, -0.15) is 11.3 Å². The van der Waals surface area contributed by atoms with Crippen LogP contribution in [0.2, 0.25) is 0 Å². The minimum atomic E-state index is 0.272. The van der Waals surface area contributed by atoms with E-state index in [1.165, 1.54) is 12.1 Å². The molecule has 84 valence electrons. The molecule has 0 aliphatic carbocycles. The van der Waals surface area contributed by atoms with Crippen LogP contribution in [-0.4, -0.2) is 24.7 Å². The first-order valence-corrected chi connectivity index (χ1v) is 6.63. The molecule has 1 aliphatic heterocycles. The number of nitrogens with one attached hydrogen (secondary N) is 1. The molecule has 2 rings (SSSR count). The predicted octanol–water partition coefficient (Wildman–Crippen LogP) is 2.71. The topological polar surface area (TPSA) is 15.3 Å². The molecule has 0 amide bonds. The van der Waals surface area contributed by atoms with Crippen molar-refractivity contribution in [3.8, 4) is 0 Å². The lowest BCUT2D eigenvalue weighted by molar-refractivity contribution is 0.286. The van der Waals surface area contributed by atoms with Crippen LogP contribution in [0.1, 0.15) is 27.2 Å². The maximum absolute atomic E-state index is 3.65. The summed E-state index contributed by atoms with van der Waals surface area (Å²) >= 11 is 1.78. The summed E-state index contributed by atoms with van der Waals surface area (Å²) in [4.78, 5) is 2.52. The van der Waals surface area contributed by atoms with Gasteiger partial charge in [0.15, 0.2) is 0 Å². The van der Waals surface area contributed by atoms with Gasteiger partial charge in [0.2, 0.25) is 0 Å². The van der Waals surface area contributed by atoms with E-state index in [4.69, 9.17) is 0 Å². The average molecular weight is 224 g/mol. The lowest BCUT2D eigenvalue weighted by Gasteiger charge is -2.45. The average Bonchev–Trinajstić information content (AvgIpc) is 2.75. The fourth-order valence-corrected chi connectivity index (χ4v) is 2.75. The second kappa shape index (κ2) is 4.14. The first kappa shape index (κ1) is 11.0. The second-order valence-corrected chi connectivity index (χ2v) is 5.53. The van der Waals surface area contributed by atoms with Crippen LogP contribution < -0.4 is 10.2 Å². The van der Waals surface area contributed by atoms with E-state index in [-0.39, 0.29) is 5.54 Å². The molecule has 1 N–H and O–H groups in total. The van der Waals surface area contributed by atoms with Gasteiger partial charge in [-0.25, -0.2) is 0 Å². The molecule has 0 bridgehead atoms. The molecular weight excluding hydrogens is 204 g/mol. The van der Waals surface area contributed by atoms with E-state index in [9.17, 15) is 0 Å². The Bertz CT molecular complexity index is 309. The number of hydrogen-bond donors (Lipinski definition) is 1. The van der Waals surface area contributed by atoms with Crippen molar-refractivity contribution in [1.82, 2.24) is 5.32 Å². The zero-order valence-electron chi connectivity index (χ0n) is 9.79. The maximum atomic E-state index is 3.65. The largest absolute Gasteiger partial charge is 0.365 e. The van der Waals surface area contributed by atoms with E-state index in [1.54, 1.807) is 11.3 Å². The minimum absolute atomic E-state index is 0.272. The van der Waals surface area contributed by atoms with Crippen LogP contribution in [0.15, 0.2) is 16.8 Å². The molecule has 2 heterocycles. The van der Waals surface area contributed by atoms with Crippen molar-refractivity contribution < 1.29 is 0 Å². The van der Waals surface area contributed by atoms with Gasteiger partial charge in [0.1, 0.15) is 0 Å². The van der Waals surface area contributed by atoms with Gasteiger partial charge in [-0.1, -0.05) is 6.92 Å². The molecule has 1 fully saturated rings. The Balaban J connectivity index is 2.16. The van der Waals surface area contributed by atoms with Crippen LogP contribution in [0, 0.1) is 0 Å². The Kier molecular flexibility index (Phi) is 3.03. The molecule has 0 aromatic carbocycles. The van der Waals surface area contributed by atoms with E-state index in [0.29, 0.717) is 6.04 Å². The Morgan fingerprint density at radius 3 is 3.07 bits per heavy atom. The third kappa shape index (κ3) is 2.18. The van der Waals surface area contributed by atoms with Crippen molar-refractivity contribution in [1.29, 1.82) is 0 Å². The highest BCUT2D eigenvalue weighted by Crippen LogP contribution is 2.26. The van der Waals surface area contributed by atoms with Gasteiger partial charge in [-0.3, -0.25) is 0 Å². The molecule has 2 unspecified atom stereocenters. The van der Waals surface area contributed by atoms with E-state index in [2.05, 4.69) is 47.8 Å². The van der Waals surface area contributed by atoms with Crippen LogP contribution in [0.25, 0.3) is 0 Å². The fourth-order valence-electron chi connectivity index (χ4n) is 2.10. The molecule has 2 atom stereocenters. The number of nitrogens with zero attached hydrogens (tertiary/aromatic N) is 1. The summed E-state index contributed by atoms with van der Waals surface area (Å²) in [6.45, 7) is 9.06. The molecule has 15 heavy (non-hydrogen) atoms. The van der Waals surface area contributed by atoms with Crippen molar-refractivity contribution in [3.63, 3.8) is 0 Å². The monoisotopic (exact) mass is 224 g/mol. The van der Waals surface area contributed by atoms with Crippen LogP contribution >= 0.6 is 11.3 Å². The number of hydrogen-bond acceptors (Lipinski definition) is 3. The number of rotatable bonds is 2. The SMILES string of the molecule is CCC1(C)CN(c2ccsc2)C(C)CN1. The quantitative estimate of drug-likeness (QED) is 0.831. The molecule has 1 aliphatic rings. The van der Waals surface area contributed by atoms with Crippen molar-refractivity contribution in [2.45, 2.75) is 38.8 Å². The van der Waals surface area contributed by atoms with Gasteiger partial charge in [0.25, 0.3) is 0 Å². The molecule has 1 aromatic rings. The van der Waals surface area contributed by atoms with Crippen molar-refractivity contribution in [2.24, 2.45) is 0 Å². The van der Waals surface area contributed by atoms with Crippen LogP contribution in [0.5, 0.6) is 0 Å². The Hall–Kier alpha value is -0.540. The first-order valence-electron chi connectivity index (χ1n) is 5.68. The predicted molar refractivity (Wildman–Crippen MR) is 67.8 cm³/mol. The summed E-state index contributed by atoms with van der Waals surface area (Å²) in [6.07, 6.45) is 1.18. The van der Waals surface area contributed by atoms with Crippen LogP contribution in [0.3, 0.4) is 0 Å². The molecule has 0 radical (unpaired) electrons. The van der Waals surface area contributed by atoms with Gasteiger partial charge in [-0.05, 0) is 31.7 Å². The van der Waals surface area contributed by atoms with Crippen LogP contribution in [-0.2, 0) is 0 Å². The number of thiophene rings is 1. The van der Waals surface area contributed by atoms with Crippen molar-refractivity contribution in [2.75, 3.05) is 18.0 Å². The standard InChI is InChI=1S/C12H20N2S/c1-4-12(3)9-14(10(2)7-13-12)11-5-6-15-8-11/h5-6,8,10,13H,4,7,9H2,1-3H3. The van der Waals surface area contributed by atoms with E-state index in [1.807, 2.05) is 0 Å². The first-order chi connectivity index (χ1) is 7.14. The van der Waals surface area contributed by atoms with Gasteiger partial charge in [-0.15, -0.1) is 0 Å². The van der Waals surface area contributed by atoms with Gasteiger partial charge in [0.05, 0.1) is 0 Å². The highest BCUT2D eigenvalue weighted by Gasteiger charge is 2.32. The van der Waals surface area contributed by atoms with E-state index >= 15 is 0 Å². The second-order valence-electron chi connectivity index (χ2n) is 4.75. The number of anilines is 1. The summed E-state index contributed by atoms with van der Waals surface area (Å²) < 4.78 is 0. The molecular formula is C12H20N2S. The smallest absolute Gasteiger partial charge is 0.0478 e. The third-order valence-electron chi connectivity index (χ3n) is 3.49. The fraction of sp³-hybridized carbons (Fsp3) is 0.667. The normalized spacial score (nSPS) is 31.9. The molecule has 1 aromatic heterocycles. The Morgan fingerprint density at radius 1 is 1.67 bits per heavy atom. The third-order valence-corrected chi connectivity index (χ3v) is 4.16. The van der Waals surface area contributed by atoms with Crippen molar-refractivity contribution in [3.05, 3.63) is 16.8 Å². The Morgan fingerprint density at radius 2 is 2.47 bits per heavy atom. The van der Waals surface area contributed by atoms with Crippen LogP contribution in [0.4, 0.5) is 5.69 Å². The maximum Gasteiger partial charge on any atom is 0.0478 e. The molecule has 0 saturated carbocycles. The van der Waals surface area contributed by atoms with Gasteiger partial charge in [0, 0.05) is 35.7 Å². The minimum Gasteiger partial charge on any atom is -0.365 e. The summed E-state index contributed by atoms with van der Waals surface area (Å²) in [5, 5.41) is 8.06. The van der Waals surface area contributed by atoms with Gasteiger partial charge < -0.3 is 10.2 Å². The highest BCUT2D eigenvalue weighted by molar-refractivity contribution is 7.08. The van der Waals surface area contributed by atoms with Gasteiger partial charge >= 0.3 is 0 Å². The lowest BCUT2D eigenvalue weighted by Crippen LogP contribution is -2.62. The zero-order valence-corrected chi connectivity index (χ0v) is 10.6. The summed E-state index contributed by atoms with van der Waals surface area (Å²) in [7, 11) is 0. The highest BCUT2D eigenvalue weighted by atomic mass is 32.1. The molecule has 3 heteroatoms. The summed E-state index contributed by atoms with van der Waals surface area (Å²) in [5.41, 5.74) is 1.66. The summed E-state index contributed by atoms with van der Waals surface area (Å²) in [5.74, 6) is 0. The van der Waals surface area contributed by atoms with Crippen molar-refractivity contribution >= 4 is 17.0 Å². The molecule has 2 nitrogen and oxygen atoms in total. The Labute approximate surface area is 96.3 Å². The number of piperazine rings is 1. The molecule has 1 saturated heterocycles. The zero-order chi connectivity index (χ0) is 10.9. The molecule has 0 spiro atoms.